The van der Waals surface area contributed by atoms with Crippen molar-refractivity contribution in [2.45, 2.75) is 51.3 Å². The fourth-order valence-corrected chi connectivity index (χ4v) is 4.73. The number of aliphatic hydroxyl groups is 1. The molecule has 2 aromatic heterocycles. The highest BCUT2D eigenvalue weighted by atomic mass is 35.5. The topological polar surface area (TPSA) is 145 Å². The molecule has 4 N–H and O–H groups in total. The van der Waals surface area contributed by atoms with Gasteiger partial charge in [0.25, 0.3) is 0 Å². The van der Waals surface area contributed by atoms with Crippen LogP contribution in [0, 0.1) is 0 Å². The first-order chi connectivity index (χ1) is 17.8. The third-order valence-corrected chi connectivity index (χ3v) is 6.71. The Morgan fingerprint density at radius 2 is 1.92 bits per heavy atom. The highest BCUT2D eigenvalue weighted by Crippen LogP contribution is 2.34. The predicted molar refractivity (Wildman–Crippen MR) is 140 cm³/mol. The van der Waals surface area contributed by atoms with Crippen molar-refractivity contribution in [3.05, 3.63) is 70.8 Å². The van der Waals surface area contributed by atoms with Gasteiger partial charge >= 0.3 is 5.97 Å². The van der Waals surface area contributed by atoms with Crippen LogP contribution in [0.4, 0.5) is 0 Å². The molecule has 0 bridgehead atoms. The molecule has 11 heteroatoms. The third-order valence-electron chi connectivity index (χ3n) is 6.45. The summed E-state index contributed by atoms with van der Waals surface area (Å²) in [5.74, 6) is 0.409. The smallest absolute Gasteiger partial charge is 0.334 e. The van der Waals surface area contributed by atoms with Crippen LogP contribution in [0.2, 0.25) is 5.15 Å². The minimum Gasteiger partial charge on any atom is -0.467 e. The predicted octanol–water partition coefficient (Wildman–Crippen LogP) is 3.48. The number of imidazole rings is 1. The summed E-state index contributed by atoms with van der Waals surface area (Å²) >= 11 is 6.55. The summed E-state index contributed by atoms with van der Waals surface area (Å²) in [6.45, 7) is 3.87. The van der Waals surface area contributed by atoms with Crippen molar-refractivity contribution in [3.8, 4) is 22.5 Å². The maximum Gasteiger partial charge on any atom is 0.334 e. The molecule has 0 fully saturated rings. The molecule has 4 aromatic rings. The number of carbonyl (C=O) groups excluding carboxylic acids is 1. The Balaban J connectivity index is 1.74. The third kappa shape index (κ3) is 5.13. The van der Waals surface area contributed by atoms with Crippen LogP contribution in [-0.2, 0) is 28.0 Å². The minimum absolute atomic E-state index is 0.0746. The average molecular weight is 524 g/mol. The van der Waals surface area contributed by atoms with E-state index in [9.17, 15) is 9.90 Å². The van der Waals surface area contributed by atoms with E-state index in [0.29, 0.717) is 24.6 Å². The van der Waals surface area contributed by atoms with E-state index in [2.05, 4.69) is 32.5 Å². The molecule has 194 valence electrons. The number of hydrogen-bond acceptors (Lipinski definition) is 8. The van der Waals surface area contributed by atoms with E-state index < -0.39 is 17.6 Å². The highest BCUT2D eigenvalue weighted by Gasteiger charge is 2.47. The van der Waals surface area contributed by atoms with Crippen LogP contribution in [0.5, 0.6) is 0 Å². The summed E-state index contributed by atoms with van der Waals surface area (Å²) in [5, 5.41) is 25.0. The van der Waals surface area contributed by atoms with Crippen molar-refractivity contribution in [3.63, 3.8) is 0 Å². The lowest BCUT2D eigenvalue weighted by atomic mass is 9.90. The molecule has 4 rings (SSSR count). The number of aliphatic hydroxyl groups excluding tert-OH is 1. The zero-order valence-corrected chi connectivity index (χ0v) is 21.7. The van der Waals surface area contributed by atoms with Crippen LogP contribution < -0.4 is 5.73 Å². The van der Waals surface area contributed by atoms with Crippen LogP contribution in [-0.4, -0.2) is 54.5 Å². The Morgan fingerprint density at radius 3 is 2.51 bits per heavy atom. The van der Waals surface area contributed by atoms with E-state index in [1.54, 1.807) is 0 Å². The molecule has 0 aliphatic carbocycles. The SMILES string of the molecule is CCCCc1nc(Cl)c([C@](N)(C(=O)OC)[C@H](C)O)n1Cc1ccc(-c2ccccc2-c2nn[nH]n2)cc1. The summed E-state index contributed by atoms with van der Waals surface area (Å²) in [6, 6.07) is 15.8. The van der Waals surface area contributed by atoms with Gasteiger partial charge in [-0.1, -0.05) is 73.5 Å². The van der Waals surface area contributed by atoms with Crippen molar-refractivity contribution in [1.29, 1.82) is 0 Å². The molecule has 0 aliphatic rings. The van der Waals surface area contributed by atoms with Gasteiger partial charge < -0.3 is 20.1 Å². The molecular formula is C26H30ClN7O3. The molecule has 37 heavy (non-hydrogen) atoms. The molecule has 0 radical (unpaired) electrons. The highest BCUT2D eigenvalue weighted by molar-refractivity contribution is 6.30. The van der Waals surface area contributed by atoms with Gasteiger partial charge in [-0.15, -0.1) is 10.2 Å². The summed E-state index contributed by atoms with van der Waals surface area (Å²) < 4.78 is 6.77. The van der Waals surface area contributed by atoms with Gasteiger partial charge in [0, 0.05) is 18.5 Å². The summed E-state index contributed by atoms with van der Waals surface area (Å²) in [7, 11) is 1.23. The molecule has 0 unspecified atom stereocenters. The second-order valence-corrected chi connectivity index (χ2v) is 9.23. The van der Waals surface area contributed by atoms with E-state index in [-0.39, 0.29) is 10.8 Å². The van der Waals surface area contributed by atoms with Gasteiger partial charge in [0.05, 0.1) is 18.9 Å². The number of methoxy groups -OCH3 is 1. The van der Waals surface area contributed by atoms with E-state index in [0.717, 1.165) is 35.1 Å². The molecule has 0 saturated carbocycles. The molecule has 2 heterocycles. The van der Waals surface area contributed by atoms with Crippen molar-refractivity contribution in [2.75, 3.05) is 7.11 Å². The van der Waals surface area contributed by atoms with Gasteiger partial charge in [-0.25, -0.2) is 9.78 Å². The van der Waals surface area contributed by atoms with Gasteiger partial charge in [0.1, 0.15) is 5.82 Å². The number of benzene rings is 2. The van der Waals surface area contributed by atoms with Crippen LogP contribution in [0.3, 0.4) is 0 Å². The van der Waals surface area contributed by atoms with Crippen LogP contribution >= 0.6 is 11.6 Å². The Kier molecular flexibility index (Phi) is 8.01. The first kappa shape index (κ1) is 26.5. The zero-order valence-electron chi connectivity index (χ0n) is 21.0. The van der Waals surface area contributed by atoms with E-state index >= 15 is 0 Å². The number of tetrazole rings is 1. The lowest BCUT2D eigenvalue weighted by Crippen LogP contribution is -2.55. The number of nitrogens with two attached hydrogens (primary N) is 1. The summed E-state index contributed by atoms with van der Waals surface area (Å²) in [4.78, 5) is 17.3. The fraction of sp³-hybridized carbons (Fsp3) is 0.346. The zero-order chi connectivity index (χ0) is 26.6. The largest absolute Gasteiger partial charge is 0.467 e. The molecule has 0 spiro atoms. The number of rotatable bonds is 10. The Bertz CT molecular complexity index is 1350. The number of unbranched alkanes of at least 4 members (excludes halogenated alkanes) is 1. The number of aromatic amines is 1. The summed E-state index contributed by atoms with van der Waals surface area (Å²) in [6.07, 6.45) is 1.21. The minimum atomic E-state index is -1.88. The maximum atomic E-state index is 12.8. The normalized spacial score (nSPS) is 13.8. The molecule has 0 amide bonds. The number of nitrogens with one attached hydrogen (secondary N) is 1. The first-order valence-corrected chi connectivity index (χ1v) is 12.4. The van der Waals surface area contributed by atoms with Crippen molar-refractivity contribution in [2.24, 2.45) is 5.73 Å². The maximum absolute atomic E-state index is 12.8. The number of carbonyl (C=O) groups is 1. The lowest BCUT2D eigenvalue weighted by Gasteiger charge is -2.31. The van der Waals surface area contributed by atoms with Gasteiger partial charge in [0.2, 0.25) is 5.82 Å². The number of esters is 1. The molecule has 2 atom stereocenters. The van der Waals surface area contributed by atoms with E-state index in [1.165, 1.54) is 14.0 Å². The molecular weight excluding hydrogens is 494 g/mol. The van der Waals surface area contributed by atoms with Gasteiger partial charge in [-0.05, 0) is 35.2 Å². The number of halogens is 1. The van der Waals surface area contributed by atoms with E-state index in [4.69, 9.17) is 22.1 Å². The van der Waals surface area contributed by atoms with Crippen molar-refractivity contribution >= 4 is 17.6 Å². The molecule has 10 nitrogen and oxygen atoms in total. The molecule has 2 aromatic carbocycles. The van der Waals surface area contributed by atoms with Crippen LogP contribution in [0.1, 0.15) is 43.8 Å². The van der Waals surface area contributed by atoms with Crippen LogP contribution in [0.15, 0.2) is 48.5 Å². The monoisotopic (exact) mass is 523 g/mol. The second-order valence-electron chi connectivity index (χ2n) is 8.87. The number of nitrogens with zero attached hydrogens (tertiary/aromatic N) is 5. The standard InChI is InChI=1S/C26H30ClN7O3/c1-4-5-10-21-29-23(27)22(26(28,16(2)35)25(36)37-3)34(21)15-17-11-13-18(14-12-17)19-8-6-7-9-20(19)24-30-32-33-31-24/h6-9,11-14,16,35H,4-5,10,15,28H2,1-3H3,(H,30,31,32,33)/t16-,26-/m0/s1. The number of aromatic nitrogens is 6. The van der Waals surface area contributed by atoms with Gasteiger partial charge in [0.15, 0.2) is 10.7 Å². The van der Waals surface area contributed by atoms with Crippen molar-refractivity contribution in [1.82, 2.24) is 30.2 Å². The summed E-state index contributed by atoms with van der Waals surface area (Å²) in [5.41, 5.74) is 8.57. The number of aryl methyl sites for hydroxylation is 1. The average Bonchev–Trinajstić information content (AvgIpc) is 3.55. The first-order valence-electron chi connectivity index (χ1n) is 12.0. The van der Waals surface area contributed by atoms with Gasteiger partial charge in [-0.3, -0.25) is 0 Å². The molecule has 0 saturated heterocycles. The quantitative estimate of drug-likeness (QED) is 0.268. The van der Waals surface area contributed by atoms with Crippen molar-refractivity contribution < 1.29 is 14.6 Å². The van der Waals surface area contributed by atoms with E-state index in [1.807, 2.05) is 53.1 Å². The Hall–Kier alpha value is -3.60. The Morgan fingerprint density at radius 1 is 1.22 bits per heavy atom. The second kappa shape index (κ2) is 11.2. The van der Waals surface area contributed by atoms with Gasteiger partial charge in [-0.2, -0.15) is 5.21 Å². The fourth-order valence-electron chi connectivity index (χ4n) is 4.37. The molecule has 0 aliphatic heterocycles. The Labute approximate surface area is 219 Å². The van der Waals surface area contributed by atoms with Crippen LogP contribution in [0.25, 0.3) is 22.5 Å². The lowest BCUT2D eigenvalue weighted by molar-refractivity contribution is -0.152. The number of H-pyrrole nitrogens is 1. The number of hydrogen-bond donors (Lipinski definition) is 3. The number of ether oxygens (including phenoxy) is 1.